The molecular formula is C25H39N3O7S2. The van der Waals surface area contributed by atoms with Crippen molar-refractivity contribution < 1.29 is 31.8 Å². The highest BCUT2D eigenvalue weighted by molar-refractivity contribution is 7.92. The van der Waals surface area contributed by atoms with Crippen LogP contribution in [0.4, 0.5) is 5.69 Å². The molecule has 0 amide bonds. The number of nitrogens with one attached hydrogen (secondary N) is 2. The summed E-state index contributed by atoms with van der Waals surface area (Å²) in [7, 11) is -7.21. The van der Waals surface area contributed by atoms with Crippen molar-refractivity contribution in [2.24, 2.45) is 5.14 Å². The Bertz CT molecular complexity index is 1190. The Kier molecular flexibility index (Phi) is 12.8. The zero-order chi connectivity index (χ0) is 27.3. The van der Waals surface area contributed by atoms with Crippen LogP contribution in [0.1, 0.15) is 55.8 Å². The first-order valence-corrected chi connectivity index (χ1v) is 15.8. The van der Waals surface area contributed by atoms with Gasteiger partial charge in [0, 0.05) is 19.8 Å². The van der Waals surface area contributed by atoms with E-state index in [1.807, 2.05) is 6.07 Å². The molecule has 0 fully saturated rings. The Labute approximate surface area is 220 Å². The number of aliphatic hydroxyl groups excluding tert-OH is 1. The number of rotatable bonds is 18. The zero-order valence-corrected chi connectivity index (χ0v) is 22.9. The summed E-state index contributed by atoms with van der Waals surface area (Å²) < 4.78 is 53.5. The van der Waals surface area contributed by atoms with Crippen LogP contribution in [-0.2, 0) is 31.2 Å². The third kappa shape index (κ3) is 12.7. The molecular weight excluding hydrogens is 518 g/mol. The second-order valence-corrected chi connectivity index (χ2v) is 12.4. The summed E-state index contributed by atoms with van der Waals surface area (Å²) >= 11 is 0. The number of ether oxygens (including phenoxy) is 1. The lowest BCUT2D eigenvalue weighted by Crippen LogP contribution is -2.22. The molecule has 12 heteroatoms. The molecule has 10 nitrogen and oxygen atoms in total. The van der Waals surface area contributed by atoms with Crippen LogP contribution in [-0.4, -0.2) is 59.6 Å². The lowest BCUT2D eigenvalue weighted by atomic mass is 10.1. The fourth-order valence-electron chi connectivity index (χ4n) is 3.74. The number of phenols is 1. The van der Waals surface area contributed by atoms with E-state index in [0.29, 0.717) is 25.3 Å². The molecule has 0 spiro atoms. The van der Waals surface area contributed by atoms with Crippen LogP contribution in [0.3, 0.4) is 0 Å². The smallest absolute Gasteiger partial charge is 0.238 e. The molecule has 2 aromatic rings. The van der Waals surface area contributed by atoms with Crippen molar-refractivity contribution in [2.45, 2.75) is 55.9 Å². The minimum absolute atomic E-state index is 0.0398. The van der Waals surface area contributed by atoms with E-state index < -0.39 is 26.2 Å². The first-order chi connectivity index (χ1) is 17.5. The van der Waals surface area contributed by atoms with Crippen LogP contribution in [0.15, 0.2) is 47.4 Å². The van der Waals surface area contributed by atoms with Crippen molar-refractivity contribution in [3.8, 4) is 5.75 Å². The molecule has 0 saturated carbocycles. The van der Waals surface area contributed by atoms with Crippen LogP contribution in [0, 0.1) is 0 Å². The molecule has 2 aromatic carbocycles. The van der Waals surface area contributed by atoms with Crippen molar-refractivity contribution in [2.75, 3.05) is 37.3 Å². The van der Waals surface area contributed by atoms with Gasteiger partial charge in [0.05, 0.1) is 22.9 Å². The van der Waals surface area contributed by atoms with Crippen molar-refractivity contribution in [3.63, 3.8) is 0 Å². The van der Waals surface area contributed by atoms with E-state index in [0.717, 1.165) is 63.3 Å². The van der Waals surface area contributed by atoms with Gasteiger partial charge in [-0.25, -0.2) is 22.0 Å². The molecule has 0 aliphatic rings. The molecule has 0 bridgehead atoms. The van der Waals surface area contributed by atoms with Crippen molar-refractivity contribution >= 4 is 25.7 Å². The Morgan fingerprint density at radius 2 is 1.65 bits per heavy atom. The van der Waals surface area contributed by atoms with E-state index in [-0.39, 0.29) is 16.3 Å². The minimum Gasteiger partial charge on any atom is -0.506 e. The number of nitrogens with two attached hydrogens (primary N) is 1. The fourth-order valence-corrected chi connectivity index (χ4v) is 4.89. The summed E-state index contributed by atoms with van der Waals surface area (Å²) in [5, 5.41) is 28.5. The maximum atomic E-state index is 11.4. The molecule has 6 N–H and O–H groups in total. The Morgan fingerprint density at radius 3 is 2.38 bits per heavy atom. The highest BCUT2D eigenvalue weighted by Gasteiger charge is 2.13. The monoisotopic (exact) mass is 557 g/mol. The van der Waals surface area contributed by atoms with Gasteiger partial charge in [0.1, 0.15) is 5.75 Å². The lowest BCUT2D eigenvalue weighted by Gasteiger charge is -2.14. The summed E-state index contributed by atoms with van der Waals surface area (Å²) in [4.78, 5) is 0.132. The van der Waals surface area contributed by atoms with Crippen molar-refractivity contribution in [1.29, 1.82) is 0 Å². The normalized spacial score (nSPS) is 12.9. The minimum atomic E-state index is -3.68. The highest BCUT2D eigenvalue weighted by Crippen LogP contribution is 2.27. The quantitative estimate of drug-likeness (QED) is 0.138. The van der Waals surface area contributed by atoms with Crippen LogP contribution >= 0.6 is 0 Å². The molecule has 0 saturated heterocycles. The van der Waals surface area contributed by atoms with Gasteiger partial charge in [0.25, 0.3) is 0 Å². The topological polar surface area (TPSA) is 168 Å². The van der Waals surface area contributed by atoms with E-state index >= 15 is 0 Å². The summed E-state index contributed by atoms with van der Waals surface area (Å²) in [5.74, 6) is -0.201. The van der Waals surface area contributed by atoms with Gasteiger partial charge in [-0.05, 0) is 67.6 Å². The molecule has 0 aromatic heterocycles. The lowest BCUT2D eigenvalue weighted by molar-refractivity contribution is 0.127. The van der Waals surface area contributed by atoms with Crippen LogP contribution in [0.25, 0.3) is 0 Å². The Hall–Kier alpha value is -2.22. The second-order valence-electron chi connectivity index (χ2n) is 9.05. The number of benzene rings is 2. The fraction of sp³-hybridized carbons (Fsp3) is 0.520. The number of phenolic OH excluding ortho intramolecular Hbond substituents is 1. The van der Waals surface area contributed by atoms with Crippen LogP contribution < -0.4 is 15.2 Å². The number of unbranched alkanes of at least 4 members (excludes halogenated alkanes) is 4. The van der Waals surface area contributed by atoms with Crippen molar-refractivity contribution in [1.82, 2.24) is 5.32 Å². The van der Waals surface area contributed by atoms with Gasteiger partial charge in [0.2, 0.25) is 20.0 Å². The third-order valence-corrected chi connectivity index (χ3v) is 7.16. The standard InChI is InChI=1S/C25H39N3O7S2/c1-36(31,32)28-23-18-21(12-13-24(23)29)25(30)19-27-14-5-3-2-4-6-15-35-16-8-10-20-9-7-11-22(17-20)37(26,33)34/h7,9,11-13,17-18,25,27-30H,2-6,8,10,14-16,19H2,1H3,(H2,26,33,34)/t25-/m0/s1. The summed E-state index contributed by atoms with van der Waals surface area (Å²) in [6.07, 6.45) is 6.89. The number of aryl methyl sites for hydroxylation is 1. The number of aromatic hydroxyl groups is 1. The van der Waals surface area contributed by atoms with Crippen LogP contribution in [0.2, 0.25) is 0 Å². The van der Waals surface area contributed by atoms with Gasteiger partial charge in [-0.15, -0.1) is 0 Å². The summed E-state index contributed by atoms with van der Waals surface area (Å²) in [5.41, 5.74) is 1.47. The Balaban J connectivity index is 1.48. The summed E-state index contributed by atoms with van der Waals surface area (Å²) in [6.45, 7) is 2.40. The van der Waals surface area contributed by atoms with E-state index in [9.17, 15) is 27.0 Å². The second kappa shape index (κ2) is 15.3. The molecule has 0 aliphatic carbocycles. The average Bonchev–Trinajstić information content (AvgIpc) is 2.82. The van der Waals surface area contributed by atoms with Gasteiger partial charge in [-0.1, -0.05) is 37.5 Å². The maximum Gasteiger partial charge on any atom is 0.238 e. The SMILES string of the molecule is CS(=O)(=O)Nc1cc([C@@H](O)CNCCCCCCCOCCCc2cccc(S(N)(=O)=O)c2)ccc1O. The van der Waals surface area contributed by atoms with Crippen LogP contribution in [0.5, 0.6) is 5.75 Å². The van der Waals surface area contributed by atoms with Gasteiger partial charge in [0.15, 0.2) is 0 Å². The van der Waals surface area contributed by atoms with E-state index in [1.165, 1.54) is 18.2 Å². The van der Waals surface area contributed by atoms with Gasteiger partial charge in [-0.2, -0.15) is 0 Å². The molecule has 0 radical (unpaired) electrons. The van der Waals surface area contributed by atoms with E-state index in [4.69, 9.17) is 9.88 Å². The van der Waals surface area contributed by atoms with E-state index in [2.05, 4.69) is 10.0 Å². The number of hydrogen-bond acceptors (Lipinski definition) is 8. The molecule has 37 heavy (non-hydrogen) atoms. The van der Waals surface area contributed by atoms with E-state index in [1.54, 1.807) is 18.2 Å². The van der Waals surface area contributed by atoms with Gasteiger partial charge >= 0.3 is 0 Å². The predicted molar refractivity (Wildman–Crippen MR) is 144 cm³/mol. The molecule has 208 valence electrons. The molecule has 0 unspecified atom stereocenters. The number of sulfonamides is 2. The summed E-state index contributed by atoms with van der Waals surface area (Å²) in [6, 6.07) is 11.0. The first kappa shape index (κ1) is 31.0. The first-order valence-electron chi connectivity index (χ1n) is 12.3. The third-order valence-electron chi connectivity index (χ3n) is 5.66. The molecule has 2 rings (SSSR count). The molecule has 0 aliphatic heterocycles. The highest BCUT2D eigenvalue weighted by atomic mass is 32.2. The van der Waals surface area contributed by atoms with Crippen molar-refractivity contribution in [3.05, 3.63) is 53.6 Å². The molecule has 0 heterocycles. The van der Waals surface area contributed by atoms with Gasteiger partial charge in [-0.3, -0.25) is 4.72 Å². The zero-order valence-electron chi connectivity index (χ0n) is 21.2. The predicted octanol–water partition coefficient (Wildman–Crippen LogP) is 2.63. The number of hydrogen-bond donors (Lipinski definition) is 5. The number of primary sulfonamides is 1. The average molecular weight is 558 g/mol. The van der Waals surface area contributed by atoms with Gasteiger partial charge < -0.3 is 20.3 Å². The molecule has 1 atom stereocenters. The number of anilines is 1. The maximum absolute atomic E-state index is 11.4. The number of aliphatic hydroxyl groups is 1. The Morgan fingerprint density at radius 1 is 0.946 bits per heavy atom. The largest absolute Gasteiger partial charge is 0.506 e.